The van der Waals surface area contributed by atoms with Gasteiger partial charge in [0.05, 0.1) is 13.0 Å². The quantitative estimate of drug-likeness (QED) is 0.568. The highest BCUT2D eigenvalue weighted by atomic mass is 16.5. The first-order valence-corrected chi connectivity index (χ1v) is 8.66. The molecule has 26 heavy (non-hydrogen) atoms. The summed E-state index contributed by atoms with van der Waals surface area (Å²) in [6.07, 6.45) is 4.69. The van der Waals surface area contributed by atoms with Crippen LogP contribution in [0.3, 0.4) is 0 Å². The zero-order chi connectivity index (χ0) is 17.9. The first-order valence-electron chi connectivity index (χ1n) is 8.66. The highest BCUT2D eigenvalue weighted by Crippen LogP contribution is 2.32. The highest BCUT2D eigenvalue weighted by molar-refractivity contribution is 5.82. The molecule has 2 heterocycles. The monoisotopic (exact) mass is 345 g/mol. The number of pyridine rings is 1. The van der Waals surface area contributed by atoms with Gasteiger partial charge < -0.3 is 9.84 Å². The van der Waals surface area contributed by atoms with Crippen molar-refractivity contribution in [2.24, 2.45) is 0 Å². The second-order valence-corrected chi connectivity index (χ2v) is 6.55. The Morgan fingerprint density at radius 1 is 1.04 bits per heavy atom. The van der Waals surface area contributed by atoms with Crippen LogP contribution in [-0.4, -0.2) is 22.7 Å². The average Bonchev–Trinajstić information content (AvgIpc) is 3.06. The Morgan fingerprint density at radius 3 is 2.69 bits per heavy atom. The Bertz CT molecular complexity index is 937. The van der Waals surface area contributed by atoms with Gasteiger partial charge in [-0.3, -0.25) is 9.78 Å². The first-order chi connectivity index (χ1) is 12.7. The van der Waals surface area contributed by atoms with E-state index < -0.39 is 0 Å². The van der Waals surface area contributed by atoms with E-state index in [2.05, 4.69) is 11.1 Å². The van der Waals surface area contributed by atoms with Crippen molar-refractivity contribution in [1.82, 2.24) is 4.98 Å². The van der Waals surface area contributed by atoms with E-state index >= 15 is 0 Å². The molecule has 0 radical (unpaired) electrons. The third kappa shape index (κ3) is 3.37. The predicted molar refractivity (Wildman–Crippen MR) is 99.0 cm³/mol. The summed E-state index contributed by atoms with van der Waals surface area (Å²) in [5.74, 6) is 0.460. The van der Waals surface area contributed by atoms with E-state index in [1.807, 2.05) is 54.7 Å². The number of esters is 1. The SMILES string of the molecule is O=C1Cc2ccc(-c3cncc(C[C@@H](CO)c4ccccc4)c3)cc2O1. The van der Waals surface area contributed by atoms with Gasteiger partial charge in [-0.25, -0.2) is 0 Å². The number of ether oxygens (including phenoxy) is 1. The van der Waals surface area contributed by atoms with Crippen LogP contribution in [0.25, 0.3) is 11.1 Å². The molecule has 0 fully saturated rings. The van der Waals surface area contributed by atoms with E-state index in [0.29, 0.717) is 18.6 Å². The largest absolute Gasteiger partial charge is 0.426 e. The van der Waals surface area contributed by atoms with Crippen LogP contribution in [0.2, 0.25) is 0 Å². The van der Waals surface area contributed by atoms with Crippen molar-refractivity contribution >= 4 is 5.97 Å². The minimum absolute atomic E-state index is 0.0363. The van der Waals surface area contributed by atoms with Crippen molar-refractivity contribution in [3.8, 4) is 16.9 Å². The fourth-order valence-electron chi connectivity index (χ4n) is 3.34. The maximum absolute atomic E-state index is 11.4. The summed E-state index contributed by atoms with van der Waals surface area (Å²) in [6, 6.07) is 17.9. The zero-order valence-corrected chi connectivity index (χ0v) is 14.3. The third-order valence-electron chi connectivity index (χ3n) is 4.73. The number of aliphatic hydroxyl groups is 1. The fraction of sp³-hybridized carbons (Fsp3) is 0.182. The second-order valence-electron chi connectivity index (χ2n) is 6.55. The lowest BCUT2D eigenvalue weighted by Crippen LogP contribution is -2.08. The van der Waals surface area contributed by atoms with Gasteiger partial charge in [-0.05, 0) is 35.2 Å². The normalized spacial score (nSPS) is 14.0. The van der Waals surface area contributed by atoms with Crippen LogP contribution in [0.15, 0.2) is 67.0 Å². The van der Waals surface area contributed by atoms with E-state index in [4.69, 9.17) is 4.74 Å². The smallest absolute Gasteiger partial charge is 0.315 e. The van der Waals surface area contributed by atoms with Crippen LogP contribution in [0.4, 0.5) is 0 Å². The van der Waals surface area contributed by atoms with Crippen molar-refractivity contribution in [2.45, 2.75) is 18.8 Å². The lowest BCUT2D eigenvalue weighted by molar-refractivity contribution is -0.131. The van der Waals surface area contributed by atoms with Gasteiger partial charge >= 0.3 is 5.97 Å². The minimum Gasteiger partial charge on any atom is -0.426 e. The fourth-order valence-corrected chi connectivity index (χ4v) is 3.34. The number of rotatable bonds is 5. The summed E-state index contributed by atoms with van der Waals surface area (Å²) in [4.78, 5) is 15.8. The van der Waals surface area contributed by atoms with Gasteiger partial charge in [0.15, 0.2) is 0 Å². The molecule has 1 aliphatic heterocycles. The van der Waals surface area contributed by atoms with Crippen molar-refractivity contribution in [3.05, 3.63) is 83.7 Å². The number of hydrogen-bond acceptors (Lipinski definition) is 4. The summed E-state index contributed by atoms with van der Waals surface area (Å²) >= 11 is 0. The number of hydrogen-bond donors (Lipinski definition) is 1. The lowest BCUT2D eigenvalue weighted by Gasteiger charge is -2.15. The Kier molecular flexibility index (Phi) is 4.50. The van der Waals surface area contributed by atoms with E-state index in [1.165, 1.54) is 0 Å². The molecule has 4 rings (SSSR count). The molecule has 1 aromatic heterocycles. The molecule has 1 atom stereocenters. The van der Waals surface area contributed by atoms with Crippen LogP contribution in [0.5, 0.6) is 5.75 Å². The van der Waals surface area contributed by atoms with Crippen LogP contribution in [-0.2, 0) is 17.6 Å². The molecule has 4 nitrogen and oxygen atoms in total. The van der Waals surface area contributed by atoms with Gasteiger partial charge in [-0.2, -0.15) is 0 Å². The van der Waals surface area contributed by atoms with Gasteiger partial charge in [0.2, 0.25) is 0 Å². The van der Waals surface area contributed by atoms with Crippen LogP contribution >= 0.6 is 0 Å². The van der Waals surface area contributed by atoms with E-state index in [9.17, 15) is 9.90 Å². The van der Waals surface area contributed by atoms with Crippen molar-refractivity contribution < 1.29 is 14.6 Å². The summed E-state index contributed by atoms with van der Waals surface area (Å²) in [5.41, 5.74) is 5.03. The maximum Gasteiger partial charge on any atom is 0.315 e. The van der Waals surface area contributed by atoms with Gasteiger partial charge in [0, 0.05) is 29.4 Å². The highest BCUT2D eigenvalue weighted by Gasteiger charge is 2.20. The standard InChI is InChI=1S/C22H19NO3/c24-14-20(16-4-2-1-3-5-16)9-15-8-19(13-23-12-15)17-6-7-18-11-22(25)26-21(18)10-17/h1-8,10,12-13,20,24H,9,11,14H2/t20-/m0/s1. The van der Waals surface area contributed by atoms with E-state index in [1.54, 1.807) is 6.20 Å². The van der Waals surface area contributed by atoms with Gasteiger partial charge in [-0.1, -0.05) is 42.5 Å². The molecule has 4 heteroatoms. The van der Waals surface area contributed by atoms with Crippen molar-refractivity contribution in [2.75, 3.05) is 6.61 Å². The Balaban J connectivity index is 1.59. The molecule has 0 saturated carbocycles. The lowest BCUT2D eigenvalue weighted by atomic mass is 9.92. The minimum atomic E-state index is -0.210. The predicted octanol–water partition coefficient (Wildman–Crippen LogP) is 3.53. The molecular formula is C22H19NO3. The van der Waals surface area contributed by atoms with Crippen LogP contribution in [0.1, 0.15) is 22.6 Å². The van der Waals surface area contributed by atoms with E-state index in [0.717, 1.165) is 27.8 Å². The number of aromatic nitrogens is 1. The Morgan fingerprint density at radius 2 is 1.88 bits per heavy atom. The zero-order valence-electron chi connectivity index (χ0n) is 14.3. The van der Waals surface area contributed by atoms with Gasteiger partial charge in [0.1, 0.15) is 5.75 Å². The molecule has 1 aliphatic rings. The number of fused-ring (bicyclic) bond motifs is 1. The topological polar surface area (TPSA) is 59.4 Å². The Labute approximate surface area is 152 Å². The third-order valence-corrected chi connectivity index (χ3v) is 4.73. The molecule has 0 spiro atoms. The second kappa shape index (κ2) is 7.10. The van der Waals surface area contributed by atoms with Crippen LogP contribution in [0, 0.1) is 0 Å². The van der Waals surface area contributed by atoms with Crippen molar-refractivity contribution in [3.63, 3.8) is 0 Å². The van der Waals surface area contributed by atoms with Crippen LogP contribution < -0.4 is 4.74 Å². The molecule has 0 bridgehead atoms. The Hall–Kier alpha value is -2.98. The molecule has 1 N–H and O–H groups in total. The maximum atomic E-state index is 11.4. The molecule has 2 aromatic carbocycles. The molecule has 0 saturated heterocycles. The number of carbonyl (C=O) groups excluding carboxylic acids is 1. The van der Waals surface area contributed by atoms with E-state index in [-0.39, 0.29) is 18.5 Å². The number of aliphatic hydroxyl groups excluding tert-OH is 1. The molecule has 130 valence electrons. The van der Waals surface area contributed by atoms with Gasteiger partial charge in [0.25, 0.3) is 0 Å². The molecule has 0 amide bonds. The summed E-state index contributed by atoms with van der Waals surface area (Å²) in [5, 5.41) is 9.79. The summed E-state index contributed by atoms with van der Waals surface area (Å²) in [6.45, 7) is 0.0863. The summed E-state index contributed by atoms with van der Waals surface area (Å²) < 4.78 is 5.25. The molecule has 0 unspecified atom stereocenters. The summed E-state index contributed by atoms with van der Waals surface area (Å²) in [7, 11) is 0. The first kappa shape index (κ1) is 16.5. The average molecular weight is 345 g/mol. The number of nitrogens with zero attached hydrogens (tertiary/aromatic N) is 1. The number of benzene rings is 2. The van der Waals surface area contributed by atoms with Gasteiger partial charge in [-0.15, -0.1) is 0 Å². The van der Waals surface area contributed by atoms with Crippen molar-refractivity contribution in [1.29, 1.82) is 0 Å². The number of carbonyl (C=O) groups is 1. The molecular weight excluding hydrogens is 326 g/mol. The molecule has 0 aliphatic carbocycles. The molecule has 3 aromatic rings.